The molecule has 4 atom stereocenters. The average Bonchev–Trinajstić information content (AvgIpc) is 3.13. The molecular formula is C16H15NO4. The number of amides is 2. The van der Waals surface area contributed by atoms with Crippen LogP contribution in [-0.2, 0) is 9.59 Å². The number of benzene rings is 1. The summed E-state index contributed by atoms with van der Waals surface area (Å²) in [7, 11) is 0. The lowest BCUT2D eigenvalue weighted by molar-refractivity contribution is -0.123. The zero-order chi connectivity index (χ0) is 14.7. The van der Waals surface area contributed by atoms with Gasteiger partial charge in [-0.25, -0.2) is 4.79 Å². The highest BCUT2D eigenvalue weighted by molar-refractivity contribution is 6.22. The van der Waals surface area contributed by atoms with E-state index < -0.39 is 5.97 Å². The van der Waals surface area contributed by atoms with Crippen LogP contribution in [0.1, 0.15) is 29.6 Å². The number of hydrogen-bond acceptors (Lipinski definition) is 3. The lowest BCUT2D eigenvalue weighted by Crippen LogP contribution is -2.32. The van der Waals surface area contributed by atoms with Crippen molar-refractivity contribution >= 4 is 23.5 Å². The van der Waals surface area contributed by atoms with Crippen molar-refractivity contribution in [1.29, 1.82) is 0 Å². The first-order valence-electron chi connectivity index (χ1n) is 7.29. The minimum atomic E-state index is -1.02. The van der Waals surface area contributed by atoms with Crippen LogP contribution in [-0.4, -0.2) is 22.9 Å². The first-order valence-corrected chi connectivity index (χ1v) is 7.29. The van der Waals surface area contributed by atoms with Crippen LogP contribution in [0.3, 0.4) is 0 Å². The summed E-state index contributed by atoms with van der Waals surface area (Å²) in [4.78, 5) is 37.3. The van der Waals surface area contributed by atoms with Crippen LogP contribution in [0.2, 0.25) is 0 Å². The maximum atomic E-state index is 12.6. The topological polar surface area (TPSA) is 74.7 Å². The SMILES string of the molecule is O=C(O)c1ccc(N2C(=O)C3C4CCC(C4)C3C2=O)cc1. The molecule has 1 saturated heterocycles. The second-order valence-corrected chi connectivity index (χ2v) is 6.25. The van der Waals surface area contributed by atoms with Crippen molar-refractivity contribution in [1.82, 2.24) is 0 Å². The molecule has 1 aromatic carbocycles. The second kappa shape index (κ2) is 4.16. The molecule has 2 saturated carbocycles. The Morgan fingerprint density at radius 2 is 1.52 bits per heavy atom. The van der Waals surface area contributed by atoms with E-state index in [9.17, 15) is 14.4 Å². The molecule has 1 aromatic rings. The summed E-state index contributed by atoms with van der Waals surface area (Å²) in [5.41, 5.74) is 0.641. The van der Waals surface area contributed by atoms with Gasteiger partial charge in [0.15, 0.2) is 0 Å². The number of imide groups is 1. The van der Waals surface area contributed by atoms with Crippen molar-refractivity contribution in [2.75, 3.05) is 4.90 Å². The van der Waals surface area contributed by atoms with E-state index in [2.05, 4.69) is 0 Å². The number of rotatable bonds is 2. The molecule has 0 aromatic heterocycles. The maximum absolute atomic E-state index is 12.6. The van der Waals surface area contributed by atoms with Crippen LogP contribution in [0.15, 0.2) is 24.3 Å². The van der Waals surface area contributed by atoms with Gasteiger partial charge in [0.25, 0.3) is 0 Å². The summed E-state index contributed by atoms with van der Waals surface area (Å²) in [6.45, 7) is 0. The van der Waals surface area contributed by atoms with Gasteiger partial charge in [-0.1, -0.05) is 0 Å². The largest absolute Gasteiger partial charge is 0.478 e. The quantitative estimate of drug-likeness (QED) is 0.842. The predicted octanol–water partition coefficient (Wildman–Crippen LogP) is 1.92. The molecule has 108 valence electrons. The molecule has 2 aliphatic carbocycles. The molecule has 2 amide bonds. The van der Waals surface area contributed by atoms with E-state index >= 15 is 0 Å². The molecule has 3 fully saturated rings. The number of carbonyl (C=O) groups excluding carboxylic acids is 2. The van der Waals surface area contributed by atoms with Gasteiger partial charge < -0.3 is 5.11 Å². The number of carbonyl (C=O) groups is 3. The van der Waals surface area contributed by atoms with E-state index in [1.807, 2.05) is 0 Å². The van der Waals surface area contributed by atoms with Gasteiger partial charge in [0, 0.05) is 0 Å². The highest BCUT2D eigenvalue weighted by Crippen LogP contribution is 2.56. The normalized spacial score (nSPS) is 33.6. The van der Waals surface area contributed by atoms with Crippen molar-refractivity contribution in [3.05, 3.63) is 29.8 Å². The predicted molar refractivity (Wildman–Crippen MR) is 73.7 cm³/mol. The Balaban J connectivity index is 1.68. The smallest absolute Gasteiger partial charge is 0.335 e. The Hall–Kier alpha value is -2.17. The van der Waals surface area contributed by atoms with Crippen LogP contribution in [0.5, 0.6) is 0 Å². The van der Waals surface area contributed by atoms with Crippen molar-refractivity contribution < 1.29 is 19.5 Å². The first-order chi connectivity index (χ1) is 10.1. The Morgan fingerprint density at radius 3 is 2.00 bits per heavy atom. The van der Waals surface area contributed by atoms with Crippen LogP contribution < -0.4 is 4.90 Å². The number of nitrogens with zero attached hydrogens (tertiary/aromatic N) is 1. The van der Waals surface area contributed by atoms with Gasteiger partial charge >= 0.3 is 5.97 Å². The fourth-order valence-electron chi connectivity index (χ4n) is 4.42. The molecule has 3 aliphatic rings. The van der Waals surface area contributed by atoms with E-state index in [1.54, 1.807) is 12.1 Å². The van der Waals surface area contributed by atoms with Crippen LogP contribution in [0.25, 0.3) is 0 Å². The van der Waals surface area contributed by atoms with Gasteiger partial charge in [0.05, 0.1) is 23.1 Å². The fraction of sp³-hybridized carbons (Fsp3) is 0.438. The van der Waals surface area contributed by atoms with Crippen molar-refractivity contribution in [3.8, 4) is 0 Å². The summed E-state index contributed by atoms with van der Waals surface area (Å²) in [5, 5.41) is 8.91. The van der Waals surface area contributed by atoms with Crippen molar-refractivity contribution in [2.45, 2.75) is 19.3 Å². The Bertz CT molecular complexity index is 623. The van der Waals surface area contributed by atoms with E-state index in [0.717, 1.165) is 19.3 Å². The molecule has 0 spiro atoms. The van der Waals surface area contributed by atoms with Gasteiger partial charge in [-0.15, -0.1) is 0 Å². The number of aromatic carboxylic acids is 1. The van der Waals surface area contributed by atoms with Crippen LogP contribution in [0.4, 0.5) is 5.69 Å². The van der Waals surface area contributed by atoms with Gasteiger partial charge in [0.1, 0.15) is 0 Å². The number of fused-ring (bicyclic) bond motifs is 5. The number of carboxylic acid groups (broad SMARTS) is 1. The van der Waals surface area contributed by atoms with E-state index in [4.69, 9.17) is 5.11 Å². The fourth-order valence-corrected chi connectivity index (χ4v) is 4.42. The third kappa shape index (κ3) is 1.60. The Morgan fingerprint density at radius 1 is 1.00 bits per heavy atom. The van der Waals surface area contributed by atoms with E-state index in [-0.39, 0.29) is 29.2 Å². The first kappa shape index (κ1) is 12.6. The highest BCUT2D eigenvalue weighted by Gasteiger charge is 2.61. The van der Waals surface area contributed by atoms with Gasteiger partial charge in [-0.3, -0.25) is 14.5 Å². The summed E-state index contributed by atoms with van der Waals surface area (Å²) >= 11 is 0. The third-order valence-corrected chi connectivity index (χ3v) is 5.30. The lowest BCUT2D eigenvalue weighted by Gasteiger charge is -2.19. The van der Waals surface area contributed by atoms with Gasteiger partial charge in [-0.05, 0) is 55.4 Å². The average molecular weight is 285 g/mol. The number of anilines is 1. The molecule has 1 heterocycles. The Labute approximate surface area is 121 Å². The van der Waals surface area contributed by atoms with Crippen molar-refractivity contribution in [3.63, 3.8) is 0 Å². The Kier molecular flexibility index (Phi) is 2.49. The number of carboxylic acids is 1. The highest BCUT2D eigenvalue weighted by atomic mass is 16.4. The molecule has 1 aliphatic heterocycles. The van der Waals surface area contributed by atoms with Gasteiger partial charge in [-0.2, -0.15) is 0 Å². The zero-order valence-corrected chi connectivity index (χ0v) is 11.4. The molecule has 2 bridgehead atoms. The molecule has 4 rings (SSSR count). The molecule has 1 N–H and O–H groups in total. The molecule has 5 nitrogen and oxygen atoms in total. The summed E-state index contributed by atoms with van der Waals surface area (Å²) in [6, 6.07) is 5.95. The van der Waals surface area contributed by atoms with Gasteiger partial charge in [0.2, 0.25) is 11.8 Å². The standard InChI is InChI=1S/C16H15NO4/c18-14-12-9-1-2-10(7-9)13(12)15(19)17(14)11-5-3-8(4-6-11)16(20)21/h3-6,9-10,12-13H,1-2,7H2,(H,20,21). The second-order valence-electron chi connectivity index (χ2n) is 6.25. The third-order valence-electron chi connectivity index (χ3n) is 5.30. The number of hydrogen-bond donors (Lipinski definition) is 1. The molecule has 4 unspecified atom stereocenters. The lowest BCUT2D eigenvalue weighted by atomic mass is 9.81. The van der Waals surface area contributed by atoms with Crippen molar-refractivity contribution in [2.24, 2.45) is 23.7 Å². The summed E-state index contributed by atoms with van der Waals surface area (Å²) in [6.07, 6.45) is 3.12. The zero-order valence-electron chi connectivity index (χ0n) is 11.4. The summed E-state index contributed by atoms with van der Waals surface area (Å²) in [5.74, 6) is -0.777. The monoisotopic (exact) mass is 285 g/mol. The van der Waals surface area contributed by atoms with Crippen LogP contribution >= 0.6 is 0 Å². The van der Waals surface area contributed by atoms with E-state index in [1.165, 1.54) is 17.0 Å². The van der Waals surface area contributed by atoms with Crippen LogP contribution in [0, 0.1) is 23.7 Å². The molecule has 5 heteroatoms. The van der Waals surface area contributed by atoms with E-state index in [0.29, 0.717) is 17.5 Å². The molecule has 21 heavy (non-hydrogen) atoms. The summed E-state index contributed by atoms with van der Waals surface area (Å²) < 4.78 is 0. The minimum absolute atomic E-state index is 0.0970. The molecule has 0 radical (unpaired) electrons. The maximum Gasteiger partial charge on any atom is 0.335 e. The molecular weight excluding hydrogens is 270 g/mol. The minimum Gasteiger partial charge on any atom is -0.478 e.